The fraction of sp³-hybridized carbons (Fsp3) is 0.222. The maximum atomic E-state index is 3.62. The molecule has 0 atom stereocenters. The Balaban J connectivity index is 1.22. The Morgan fingerprint density at radius 1 is 0.318 bits per heavy atom. The largest absolute Gasteiger partial charge is 0.367 e. The molecule has 6 aromatic rings. The minimum Gasteiger partial charge on any atom is -0.367 e. The first kappa shape index (κ1) is 29.5. The first-order chi connectivity index (χ1) is 21.8. The summed E-state index contributed by atoms with van der Waals surface area (Å²) >= 11 is 0. The molecule has 0 aliphatic heterocycles. The van der Waals surface area contributed by atoms with Crippen LogP contribution in [0.3, 0.4) is 0 Å². The first-order valence-corrected chi connectivity index (χ1v) is 15.3. The number of rotatable bonds is 17. The lowest BCUT2D eigenvalue weighted by molar-refractivity contribution is 0.680. The van der Waals surface area contributed by atoms with E-state index in [4.69, 9.17) is 0 Å². The minimum absolute atomic E-state index is 0.798. The van der Waals surface area contributed by atoms with E-state index < -0.39 is 0 Å². The summed E-state index contributed by atoms with van der Waals surface area (Å²) in [6, 6.07) is 22.4. The van der Waals surface area contributed by atoms with E-state index in [-0.39, 0.29) is 0 Å². The highest BCUT2D eigenvalue weighted by molar-refractivity contribution is 5.67. The average Bonchev–Trinajstić information content (AvgIpc) is 3.86. The van der Waals surface area contributed by atoms with Gasteiger partial charge in [0.2, 0.25) is 0 Å². The van der Waals surface area contributed by atoms with Gasteiger partial charge in [-0.05, 0) is 104 Å². The van der Waals surface area contributed by atoms with E-state index in [1.54, 1.807) is 0 Å². The zero-order valence-electron chi connectivity index (χ0n) is 25.0. The quantitative estimate of drug-likeness (QED) is 0.0688. The van der Waals surface area contributed by atoms with Crippen LogP contribution in [0.15, 0.2) is 110 Å². The number of hydrogen-bond acceptors (Lipinski definition) is 4. The molecule has 0 bridgehead atoms. The number of hydrogen-bond donors (Lipinski definition) is 8. The van der Waals surface area contributed by atoms with Gasteiger partial charge in [-0.1, -0.05) is 12.1 Å². The molecule has 0 amide bonds. The Kier molecular flexibility index (Phi) is 10.2. The van der Waals surface area contributed by atoms with E-state index >= 15 is 0 Å². The van der Waals surface area contributed by atoms with Crippen LogP contribution < -0.4 is 21.3 Å². The Hall–Kier alpha value is -4.60. The zero-order valence-corrected chi connectivity index (χ0v) is 25.0. The molecule has 8 heteroatoms. The van der Waals surface area contributed by atoms with E-state index in [9.17, 15) is 0 Å². The van der Waals surface area contributed by atoms with Crippen LogP contribution in [0, 0.1) is 0 Å². The fourth-order valence-corrected chi connectivity index (χ4v) is 5.54. The van der Waals surface area contributed by atoms with Gasteiger partial charge >= 0.3 is 0 Å². The number of aromatic nitrogens is 4. The summed E-state index contributed by atoms with van der Waals surface area (Å²) in [4.78, 5) is 12.6. The molecule has 0 saturated heterocycles. The second-order valence-electron chi connectivity index (χ2n) is 11.4. The molecule has 0 unspecified atom stereocenters. The number of H-pyrrole nitrogens is 4. The van der Waals surface area contributed by atoms with Crippen molar-refractivity contribution in [3.05, 3.63) is 155 Å². The summed E-state index contributed by atoms with van der Waals surface area (Å²) < 4.78 is 0. The molecular formula is C36H42N8. The highest BCUT2D eigenvalue weighted by atomic mass is 14.9. The molecule has 0 aliphatic carbocycles. The third-order valence-corrected chi connectivity index (χ3v) is 7.72. The predicted molar refractivity (Wildman–Crippen MR) is 177 cm³/mol. The fourth-order valence-electron chi connectivity index (χ4n) is 5.54. The van der Waals surface area contributed by atoms with Gasteiger partial charge in [-0.2, -0.15) is 0 Å². The molecule has 226 valence electrons. The lowest BCUT2D eigenvalue weighted by Gasteiger charge is -2.15. The van der Waals surface area contributed by atoms with Crippen LogP contribution in [0.4, 0.5) is 0 Å². The maximum Gasteiger partial charge on any atom is 0.0223 e. The topological polar surface area (TPSA) is 111 Å². The van der Waals surface area contributed by atoms with Gasteiger partial charge in [0, 0.05) is 102 Å². The van der Waals surface area contributed by atoms with Gasteiger partial charge < -0.3 is 41.2 Å². The minimum atomic E-state index is 0.798. The highest BCUT2D eigenvalue weighted by Gasteiger charge is 2.09. The first-order valence-electron chi connectivity index (χ1n) is 15.3. The highest BCUT2D eigenvalue weighted by Crippen LogP contribution is 2.26. The van der Waals surface area contributed by atoms with Crippen molar-refractivity contribution in [2.24, 2.45) is 0 Å². The van der Waals surface area contributed by atoms with Crippen molar-refractivity contribution < 1.29 is 0 Å². The molecular weight excluding hydrogens is 544 g/mol. The summed E-state index contributed by atoms with van der Waals surface area (Å²) in [7, 11) is 0. The molecule has 0 saturated carbocycles. The summed E-state index contributed by atoms with van der Waals surface area (Å²) in [5.74, 6) is 0. The molecule has 4 aromatic heterocycles. The molecule has 2 aromatic carbocycles. The smallest absolute Gasteiger partial charge is 0.0223 e. The SMILES string of the molecule is c1cc(CNCc2cc(CNCc3cc[nH]c3)cc(-c3cc(CNCc4cc[nH]c4)cc(CNCc4cc[nH]c4)c3)c2)c[nH]1. The number of benzene rings is 2. The summed E-state index contributed by atoms with van der Waals surface area (Å²) in [6.07, 6.45) is 16.0. The van der Waals surface area contributed by atoms with Crippen LogP contribution in [0.5, 0.6) is 0 Å². The third kappa shape index (κ3) is 8.72. The molecule has 0 fully saturated rings. The monoisotopic (exact) mass is 586 g/mol. The van der Waals surface area contributed by atoms with Gasteiger partial charge in [-0.3, -0.25) is 0 Å². The van der Waals surface area contributed by atoms with Gasteiger partial charge in [-0.15, -0.1) is 0 Å². The van der Waals surface area contributed by atoms with Crippen LogP contribution in [-0.2, 0) is 52.4 Å². The van der Waals surface area contributed by atoms with Gasteiger partial charge in [0.05, 0.1) is 0 Å². The molecule has 0 radical (unpaired) electrons. The van der Waals surface area contributed by atoms with Gasteiger partial charge in [0.1, 0.15) is 0 Å². The third-order valence-electron chi connectivity index (χ3n) is 7.72. The van der Waals surface area contributed by atoms with Crippen molar-refractivity contribution in [3.63, 3.8) is 0 Å². The van der Waals surface area contributed by atoms with Gasteiger partial charge in [0.15, 0.2) is 0 Å². The molecule has 4 heterocycles. The van der Waals surface area contributed by atoms with E-state index in [1.165, 1.54) is 55.6 Å². The van der Waals surface area contributed by atoms with E-state index in [2.05, 4.69) is 102 Å². The lowest BCUT2D eigenvalue weighted by atomic mass is 9.96. The molecule has 8 nitrogen and oxygen atoms in total. The summed E-state index contributed by atoms with van der Waals surface area (Å²) in [5.41, 5.74) is 12.6. The standard InChI is InChI=1S/C36H42N8/c1-5-37-15-27(1)19-41-23-31-9-32(24-42-20-28-2-6-38-16-28)12-35(11-31)36-13-33(25-43-21-29-3-7-39-17-29)10-34(14-36)26-44-22-30-4-8-40-18-30/h1-18,37-44H,19-26H2. The molecule has 44 heavy (non-hydrogen) atoms. The zero-order chi connectivity index (χ0) is 29.8. The second-order valence-corrected chi connectivity index (χ2v) is 11.4. The van der Waals surface area contributed by atoms with Crippen LogP contribution in [0.2, 0.25) is 0 Å². The maximum absolute atomic E-state index is 3.62. The molecule has 0 spiro atoms. The van der Waals surface area contributed by atoms with Crippen molar-refractivity contribution >= 4 is 0 Å². The van der Waals surface area contributed by atoms with Crippen LogP contribution in [-0.4, -0.2) is 19.9 Å². The normalized spacial score (nSPS) is 11.4. The van der Waals surface area contributed by atoms with Crippen LogP contribution in [0.25, 0.3) is 11.1 Å². The van der Waals surface area contributed by atoms with Crippen LogP contribution >= 0.6 is 0 Å². The van der Waals surface area contributed by atoms with Crippen molar-refractivity contribution in [3.8, 4) is 11.1 Å². The van der Waals surface area contributed by atoms with Gasteiger partial charge in [0.25, 0.3) is 0 Å². The number of nitrogens with one attached hydrogen (secondary N) is 8. The Bertz CT molecular complexity index is 1410. The van der Waals surface area contributed by atoms with Crippen molar-refractivity contribution in [2.45, 2.75) is 52.4 Å². The summed E-state index contributed by atoms with van der Waals surface area (Å²) in [6.45, 7) is 6.50. The van der Waals surface area contributed by atoms with Crippen molar-refractivity contribution in [1.82, 2.24) is 41.2 Å². The van der Waals surface area contributed by atoms with E-state index in [0.717, 1.165) is 52.4 Å². The van der Waals surface area contributed by atoms with Crippen LogP contribution in [0.1, 0.15) is 44.5 Å². The van der Waals surface area contributed by atoms with Gasteiger partial charge in [-0.25, -0.2) is 0 Å². The lowest BCUT2D eigenvalue weighted by Crippen LogP contribution is -2.15. The van der Waals surface area contributed by atoms with E-state index in [1.807, 2.05) is 49.6 Å². The Morgan fingerprint density at radius 3 is 0.795 bits per heavy atom. The number of aromatic amines is 4. The average molecular weight is 587 g/mol. The second kappa shape index (κ2) is 15.2. The van der Waals surface area contributed by atoms with Crippen molar-refractivity contribution in [1.29, 1.82) is 0 Å². The Morgan fingerprint density at radius 2 is 0.568 bits per heavy atom. The summed E-state index contributed by atoms with van der Waals surface area (Å²) in [5, 5.41) is 14.5. The molecule has 6 rings (SSSR count). The van der Waals surface area contributed by atoms with E-state index in [0.29, 0.717) is 0 Å². The predicted octanol–water partition coefficient (Wildman–Crippen LogP) is 5.83. The van der Waals surface area contributed by atoms with Crippen molar-refractivity contribution in [2.75, 3.05) is 0 Å². The Labute approximate surface area is 259 Å². The molecule has 8 N–H and O–H groups in total. The molecule has 0 aliphatic rings.